The number of aryl methyl sites for hydroxylation is 1. The minimum atomic E-state index is 0.519. The molecule has 0 saturated heterocycles. The lowest BCUT2D eigenvalue weighted by Gasteiger charge is -2.16. The summed E-state index contributed by atoms with van der Waals surface area (Å²) in [6.45, 7) is 7.63. The maximum atomic E-state index is 4.98. The van der Waals surface area contributed by atoms with Gasteiger partial charge in [-0.2, -0.15) is 0 Å². The quantitative estimate of drug-likeness (QED) is 0.884. The maximum Gasteiger partial charge on any atom is 0.0760 e. The molecule has 2 nitrogen and oxygen atoms in total. The number of rotatable bonds is 3. The van der Waals surface area contributed by atoms with Gasteiger partial charge >= 0.3 is 0 Å². The SMILES string of the molecule is CCNc1c2c(nc3c(C(C)C)cccc13)CCC2. The summed E-state index contributed by atoms with van der Waals surface area (Å²) in [5.74, 6) is 0.519. The maximum absolute atomic E-state index is 4.98. The molecule has 0 saturated carbocycles. The van der Waals surface area contributed by atoms with Gasteiger partial charge in [0.25, 0.3) is 0 Å². The molecule has 0 aliphatic heterocycles. The standard InChI is InChI=1S/C17H22N2/c1-4-18-16-13-8-6-10-15(13)19-17-12(11(2)3)7-5-9-14(16)17/h5,7,9,11H,4,6,8,10H2,1-3H3,(H,18,19). The van der Waals surface area contributed by atoms with E-state index < -0.39 is 0 Å². The molecule has 1 N–H and O–H groups in total. The summed E-state index contributed by atoms with van der Waals surface area (Å²) in [7, 11) is 0. The highest BCUT2D eigenvalue weighted by Gasteiger charge is 2.20. The fraction of sp³-hybridized carbons (Fsp3) is 0.471. The van der Waals surface area contributed by atoms with Crippen LogP contribution in [-0.2, 0) is 12.8 Å². The first-order chi connectivity index (χ1) is 9.22. The largest absolute Gasteiger partial charge is 0.384 e. The molecule has 1 aromatic heterocycles. The third kappa shape index (κ3) is 1.99. The number of nitrogens with zero attached hydrogens (tertiary/aromatic N) is 1. The van der Waals surface area contributed by atoms with E-state index in [1.54, 1.807) is 0 Å². The number of aromatic nitrogens is 1. The lowest BCUT2D eigenvalue weighted by molar-refractivity contribution is 0.869. The van der Waals surface area contributed by atoms with Gasteiger partial charge in [-0.25, -0.2) is 0 Å². The third-order valence-electron chi connectivity index (χ3n) is 4.05. The van der Waals surface area contributed by atoms with Gasteiger partial charge in [-0.05, 0) is 43.2 Å². The van der Waals surface area contributed by atoms with Crippen molar-refractivity contribution in [2.24, 2.45) is 0 Å². The Morgan fingerprint density at radius 3 is 2.84 bits per heavy atom. The minimum absolute atomic E-state index is 0.519. The molecule has 1 heterocycles. The molecule has 0 bridgehead atoms. The van der Waals surface area contributed by atoms with E-state index in [0.29, 0.717) is 5.92 Å². The Hall–Kier alpha value is -1.57. The molecular weight excluding hydrogens is 232 g/mol. The van der Waals surface area contributed by atoms with E-state index in [1.807, 2.05) is 0 Å². The second-order valence-corrected chi connectivity index (χ2v) is 5.69. The number of anilines is 1. The third-order valence-corrected chi connectivity index (χ3v) is 4.05. The van der Waals surface area contributed by atoms with Gasteiger partial charge in [0.15, 0.2) is 0 Å². The second-order valence-electron chi connectivity index (χ2n) is 5.69. The van der Waals surface area contributed by atoms with Crippen LogP contribution in [0.1, 0.15) is 49.9 Å². The van der Waals surface area contributed by atoms with Gasteiger partial charge in [0.2, 0.25) is 0 Å². The van der Waals surface area contributed by atoms with E-state index in [0.717, 1.165) is 13.0 Å². The van der Waals surface area contributed by atoms with Gasteiger partial charge in [0, 0.05) is 23.3 Å². The Morgan fingerprint density at radius 2 is 2.11 bits per heavy atom. The monoisotopic (exact) mass is 254 g/mol. The highest BCUT2D eigenvalue weighted by Crippen LogP contribution is 2.36. The van der Waals surface area contributed by atoms with Crippen LogP contribution >= 0.6 is 0 Å². The Balaban J connectivity index is 2.33. The summed E-state index contributed by atoms with van der Waals surface area (Å²) < 4.78 is 0. The van der Waals surface area contributed by atoms with E-state index in [-0.39, 0.29) is 0 Å². The Morgan fingerprint density at radius 1 is 1.26 bits per heavy atom. The summed E-state index contributed by atoms with van der Waals surface area (Å²) in [6.07, 6.45) is 3.55. The fourth-order valence-electron chi connectivity index (χ4n) is 3.15. The number of hydrogen-bond acceptors (Lipinski definition) is 2. The van der Waals surface area contributed by atoms with Crippen LogP contribution in [0.4, 0.5) is 5.69 Å². The van der Waals surface area contributed by atoms with Crippen molar-refractivity contribution in [3.63, 3.8) is 0 Å². The molecule has 2 heteroatoms. The molecule has 19 heavy (non-hydrogen) atoms. The van der Waals surface area contributed by atoms with Crippen molar-refractivity contribution in [3.05, 3.63) is 35.0 Å². The van der Waals surface area contributed by atoms with Gasteiger partial charge in [0.1, 0.15) is 0 Å². The molecule has 0 fully saturated rings. The lowest BCUT2D eigenvalue weighted by atomic mass is 9.97. The molecule has 3 rings (SSSR count). The number of benzene rings is 1. The zero-order valence-electron chi connectivity index (χ0n) is 12.1. The van der Waals surface area contributed by atoms with Crippen LogP contribution in [0, 0.1) is 0 Å². The minimum Gasteiger partial charge on any atom is -0.384 e. The van der Waals surface area contributed by atoms with Crippen LogP contribution < -0.4 is 5.32 Å². The average Bonchev–Trinajstić information content (AvgIpc) is 2.86. The average molecular weight is 254 g/mol. The van der Waals surface area contributed by atoms with Crippen molar-refractivity contribution in [2.45, 2.75) is 46.0 Å². The molecule has 0 unspecified atom stereocenters. The van der Waals surface area contributed by atoms with Gasteiger partial charge < -0.3 is 5.32 Å². The van der Waals surface area contributed by atoms with Gasteiger partial charge in [-0.15, -0.1) is 0 Å². The van der Waals surface area contributed by atoms with Crippen molar-refractivity contribution in [1.29, 1.82) is 0 Å². The fourth-order valence-corrected chi connectivity index (χ4v) is 3.15. The first-order valence-corrected chi connectivity index (χ1v) is 7.40. The molecule has 0 amide bonds. The zero-order chi connectivity index (χ0) is 13.4. The summed E-state index contributed by atoms with van der Waals surface area (Å²) in [5, 5.41) is 4.88. The molecule has 0 spiro atoms. The van der Waals surface area contributed by atoms with Crippen molar-refractivity contribution in [2.75, 3.05) is 11.9 Å². The zero-order valence-corrected chi connectivity index (χ0v) is 12.1. The first-order valence-electron chi connectivity index (χ1n) is 7.40. The van der Waals surface area contributed by atoms with Crippen molar-refractivity contribution >= 4 is 16.6 Å². The first kappa shape index (κ1) is 12.5. The van der Waals surface area contributed by atoms with Crippen LogP contribution in [0.15, 0.2) is 18.2 Å². The number of hydrogen-bond donors (Lipinski definition) is 1. The Kier molecular flexibility index (Phi) is 3.17. The molecule has 1 aliphatic rings. The van der Waals surface area contributed by atoms with E-state index in [4.69, 9.17) is 4.98 Å². The molecule has 1 aliphatic carbocycles. The smallest absolute Gasteiger partial charge is 0.0760 e. The summed E-state index contributed by atoms with van der Waals surface area (Å²) >= 11 is 0. The van der Waals surface area contributed by atoms with Crippen LogP contribution in [0.2, 0.25) is 0 Å². The molecule has 0 atom stereocenters. The van der Waals surface area contributed by atoms with Crippen LogP contribution in [0.25, 0.3) is 10.9 Å². The number of pyridine rings is 1. The highest BCUT2D eigenvalue weighted by atomic mass is 14.9. The molecular formula is C17H22N2. The molecule has 2 aromatic rings. The van der Waals surface area contributed by atoms with Crippen LogP contribution in [0.3, 0.4) is 0 Å². The van der Waals surface area contributed by atoms with E-state index in [1.165, 1.54) is 46.3 Å². The highest BCUT2D eigenvalue weighted by molar-refractivity contribution is 5.95. The Labute approximate surface area is 115 Å². The summed E-state index contributed by atoms with van der Waals surface area (Å²) in [4.78, 5) is 4.98. The number of para-hydroxylation sites is 1. The van der Waals surface area contributed by atoms with Crippen molar-refractivity contribution in [3.8, 4) is 0 Å². The lowest BCUT2D eigenvalue weighted by Crippen LogP contribution is -2.05. The van der Waals surface area contributed by atoms with E-state index >= 15 is 0 Å². The van der Waals surface area contributed by atoms with Crippen molar-refractivity contribution in [1.82, 2.24) is 4.98 Å². The topological polar surface area (TPSA) is 24.9 Å². The summed E-state index contributed by atoms with van der Waals surface area (Å²) in [6, 6.07) is 6.60. The molecule has 0 radical (unpaired) electrons. The molecule has 100 valence electrons. The van der Waals surface area contributed by atoms with Crippen LogP contribution in [0.5, 0.6) is 0 Å². The Bertz CT molecular complexity index is 614. The van der Waals surface area contributed by atoms with E-state index in [9.17, 15) is 0 Å². The van der Waals surface area contributed by atoms with Gasteiger partial charge in [-0.1, -0.05) is 32.0 Å². The van der Waals surface area contributed by atoms with E-state index in [2.05, 4.69) is 44.3 Å². The summed E-state index contributed by atoms with van der Waals surface area (Å²) in [5.41, 5.74) is 6.68. The molecule has 1 aromatic carbocycles. The van der Waals surface area contributed by atoms with Crippen LogP contribution in [-0.4, -0.2) is 11.5 Å². The van der Waals surface area contributed by atoms with Gasteiger partial charge in [-0.3, -0.25) is 4.98 Å². The number of fused-ring (bicyclic) bond motifs is 2. The number of nitrogens with one attached hydrogen (secondary N) is 1. The second kappa shape index (κ2) is 4.84. The normalized spacial score (nSPS) is 14.1. The predicted octanol–water partition coefficient (Wildman–Crippen LogP) is 4.28. The van der Waals surface area contributed by atoms with Crippen molar-refractivity contribution < 1.29 is 0 Å². The predicted molar refractivity (Wildman–Crippen MR) is 82.0 cm³/mol. The van der Waals surface area contributed by atoms with Gasteiger partial charge in [0.05, 0.1) is 5.52 Å².